The van der Waals surface area contributed by atoms with Crippen molar-refractivity contribution in [2.75, 3.05) is 45.9 Å². The minimum Gasteiger partial charge on any atom is -0.379 e. The highest BCUT2D eigenvalue weighted by atomic mass is 19.1. The number of ether oxygens (including phenoxy) is 1. The van der Waals surface area contributed by atoms with Gasteiger partial charge in [-0.3, -0.25) is 14.5 Å². The summed E-state index contributed by atoms with van der Waals surface area (Å²) in [4.78, 5) is 27.6. The number of carbonyl (C=O) groups excluding carboxylic acids is 2. The van der Waals surface area contributed by atoms with Gasteiger partial charge in [-0.2, -0.15) is 0 Å². The maximum Gasteiger partial charge on any atom is 0.221 e. The first kappa shape index (κ1) is 19.3. The summed E-state index contributed by atoms with van der Waals surface area (Å²) in [5, 5.41) is 2.89. The Morgan fingerprint density at radius 1 is 1.24 bits per heavy atom. The van der Waals surface area contributed by atoms with Crippen LogP contribution in [0.1, 0.15) is 18.9 Å². The summed E-state index contributed by atoms with van der Waals surface area (Å²) in [6.07, 6.45) is 0.254. The molecule has 1 saturated heterocycles. The molecule has 0 atom stereocenters. The fourth-order valence-corrected chi connectivity index (χ4v) is 2.66. The van der Waals surface area contributed by atoms with E-state index in [-0.39, 0.29) is 24.1 Å². The second-order valence-electron chi connectivity index (χ2n) is 6.12. The molecule has 1 aliphatic rings. The quantitative estimate of drug-likeness (QED) is 0.759. The minimum atomic E-state index is -0.308. The first-order chi connectivity index (χ1) is 12.0. The van der Waals surface area contributed by atoms with Crippen LogP contribution in [0.5, 0.6) is 0 Å². The van der Waals surface area contributed by atoms with Crippen LogP contribution in [0.2, 0.25) is 0 Å². The highest BCUT2D eigenvalue weighted by Crippen LogP contribution is 2.07. The van der Waals surface area contributed by atoms with E-state index >= 15 is 0 Å². The van der Waals surface area contributed by atoms with E-state index in [1.807, 2.05) is 0 Å². The molecular formula is C18H26FN3O3. The number of halogens is 1. The molecule has 0 aromatic heterocycles. The molecular weight excluding hydrogens is 325 g/mol. The van der Waals surface area contributed by atoms with Crippen LogP contribution >= 0.6 is 0 Å². The molecule has 1 aromatic rings. The second kappa shape index (κ2) is 10.1. The number of benzene rings is 1. The van der Waals surface area contributed by atoms with Crippen LogP contribution < -0.4 is 5.32 Å². The Bertz CT molecular complexity index is 559. The Labute approximate surface area is 147 Å². The Balaban J connectivity index is 1.69. The molecule has 0 spiro atoms. The highest BCUT2D eigenvalue weighted by Gasteiger charge is 2.13. The Morgan fingerprint density at radius 3 is 2.56 bits per heavy atom. The van der Waals surface area contributed by atoms with Crippen LogP contribution in [0.3, 0.4) is 0 Å². The second-order valence-corrected chi connectivity index (χ2v) is 6.12. The maximum atomic E-state index is 12.9. The van der Waals surface area contributed by atoms with Crippen molar-refractivity contribution in [3.8, 4) is 0 Å². The molecule has 1 heterocycles. The minimum absolute atomic E-state index is 0.0707. The molecule has 0 bridgehead atoms. The van der Waals surface area contributed by atoms with Gasteiger partial charge >= 0.3 is 0 Å². The lowest BCUT2D eigenvalue weighted by Gasteiger charge is -2.26. The van der Waals surface area contributed by atoms with E-state index in [9.17, 15) is 14.0 Å². The van der Waals surface area contributed by atoms with Crippen LogP contribution in [0.15, 0.2) is 24.3 Å². The molecule has 7 heteroatoms. The SMILES string of the molecule is CC(=O)N(CCC(=O)NCCN1CCOCC1)Cc1ccc(F)cc1. The monoisotopic (exact) mass is 351 g/mol. The molecule has 2 rings (SSSR count). The first-order valence-electron chi connectivity index (χ1n) is 8.61. The number of hydrogen-bond donors (Lipinski definition) is 1. The molecule has 1 fully saturated rings. The summed E-state index contributed by atoms with van der Waals surface area (Å²) >= 11 is 0. The topological polar surface area (TPSA) is 61.9 Å². The molecule has 0 radical (unpaired) electrons. The van der Waals surface area contributed by atoms with Gasteiger partial charge in [0.1, 0.15) is 5.82 Å². The maximum absolute atomic E-state index is 12.9. The van der Waals surface area contributed by atoms with Crippen molar-refractivity contribution < 1.29 is 18.7 Å². The molecule has 2 amide bonds. The van der Waals surface area contributed by atoms with E-state index in [0.29, 0.717) is 19.6 Å². The zero-order valence-electron chi connectivity index (χ0n) is 14.7. The summed E-state index contributed by atoms with van der Waals surface area (Å²) in [5.74, 6) is -0.484. The number of amides is 2. The fraction of sp³-hybridized carbons (Fsp3) is 0.556. The molecule has 1 aromatic carbocycles. The zero-order valence-corrected chi connectivity index (χ0v) is 14.7. The highest BCUT2D eigenvalue weighted by molar-refractivity contribution is 5.78. The van der Waals surface area contributed by atoms with Gasteiger partial charge in [0.15, 0.2) is 0 Å². The lowest BCUT2D eigenvalue weighted by Crippen LogP contribution is -2.41. The summed E-state index contributed by atoms with van der Waals surface area (Å²) < 4.78 is 18.2. The number of morpholine rings is 1. The van der Waals surface area contributed by atoms with Crippen molar-refractivity contribution >= 4 is 11.8 Å². The van der Waals surface area contributed by atoms with Gasteiger partial charge in [-0.05, 0) is 17.7 Å². The van der Waals surface area contributed by atoms with Crippen LogP contribution in [-0.4, -0.2) is 67.6 Å². The van der Waals surface area contributed by atoms with Crippen molar-refractivity contribution in [3.63, 3.8) is 0 Å². The lowest BCUT2D eigenvalue weighted by atomic mass is 10.2. The number of rotatable bonds is 8. The van der Waals surface area contributed by atoms with Gasteiger partial charge < -0.3 is 15.0 Å². The predicted molar refractivity (Wildman–Crippen MR) is 92.4 cm³/mol. The van der Waals surface area contributed by atoms with Crippen molar-refractivity contribution in [1.29, 1.82) is 0 Å². The van der Waals surface area contributed by atoms with E-state index in [2.05, 4.69) is 10.2 Å². The van der Waals surface area contributed by atoms with Crippen LogP contribution in [0.4, 0.5) is 4.39 Å². The van der Waals surface area contributed by atoms with Gasteiger partial charge in [0, 0.05) is 52.6 Å². The largest absolute Gasteiger partial charge is 0.379 e. The van der Waals surface area contributed by atoms with Gasteiger partial charge in [0.2, 0.25) is 11.8 Å². The van der Waals surface area contributed by atoms with E-state index in [1.54, 1.807) is 17.0 Å². The van der Waals surface area contributed by atoms with Crippen LogP contribution in [0, 0.1) is 5.82 Å². The average molecular weight is 351 g/mol. The fourth-order valence-electron chi connectivity index (χ4n) is 2.66. The molecule has 1 aliphatic heterocycles. The van der Waals surface area contributed by atoms with Gasteiger partial charge in [0.05, 0.1) is 13.2 Å². The van der Waals surface area contributed by atoms with Crippen molar-refractivity contribution in [1.82, 2.24) is 15.1 Å². The standard InChI is InChI=1S/C18H26FN3O3/c1-15(23)22(14-16-2-4-17(19)5-3-16)8-6-18(24)20-7-9-21-10-12-25-13-11-21/h2-5H,6-14H2,1H3,(H,20,24). The van der Waals surface area contributed by atoms with Crippen molar-refractivity contribution in [2.24, 2.45) is 0 Å². The molecule has 25 heavy (non-hydrogen) atoms. The summed E-state index contributed by atoms with van der Waals surface area (Å²) in [5.41, 5.74) is 0.837. The van der Waals surface area contributed by atoms with Crippen molar-refractivity contribution in [3.05, 3.63) is 35.6 Å². The van der Waals surface area contributed by atoms with Gasteiger partial charge in [-0.25, -0.2) is 4.39 Å². The van der Waals surface area contributed by atoms with Crippen LogP contribution in [0.25, 0.3) is 0 Å². The molecule has 138 valence electrons. The Morgan fingerprint density at radius 2 is 1.92 bits per heavy atom. The Kier molecular flexibility index (Phi) is 7.81. The van der Waals surface area contributed by atoms with E-state index < -0.39 is 0 Å². The number of nitrogens with zero attached hydrogens (tertiary/aromatic N) is 2. The number of hydrogen-bond acceptors (Lipinski definition) is 4. The average Bonchev–Trinajstić information content (AvgIpc) is 2.61. The third-order valence-electron chi connectivity index (χ3n) is 4.19. The number of nitrogens with one attached hydrogen (secondary N) is 1. The van der Waals surface area contributed by atoms with Crippen LogP contribution in [-0.2, 0) is 20.9 Å². The third-order valence-corrected chi connectivity index (χ3v) is 4.19. The normalized spacial score (nSPS) is 15.0. The molecule has 6 nitrogen and oxygen atoms in total. The van der Waals surface area contributed by atoms with E-state index in [4.69, 9.17) is 4.74 Å². The number of carbonyl (C=O) groups is 2. The first-order valence-corrected chi connectivity index (χ1v) is 8.61. The van der Waals surface area contributed by atoms with E-state index in [0.717, 1.165) is 38.4 Å². The smallest absolute Gasteiger partial charge is 0.221 e. The summed E-state index contributed by atoms with van der Waals surface area (Å²) in [6, 6.07) is 6.03. The van der Waals surface area contributed by atoms with Gasteiger partial charge in [-0.15, -0.1) is 0 Å². The summed E-state index contributed by atoms with van der Waals surface area (Å²) in [6.45, 7) is 6.86. The van der Waals surface area contributed by atoms with E-state index in [1.165, 1.54) is 19.1 Å². The summed E-state index contributed by atoms with van der Waals surface area (Å²) in [7, 11) is 0. The molecule has 1 N–H and O–H groups in total. The van der Waals surface area contributed by atoms with Gasteiger partial charge in [0.25, 0.3) is 0 Å². The lowest BCUT2D eigenvalue weighted by molar-refractivity contribution is -0.130. The molecule has 0 aliphatic carbocycles. The Hall–Kier alpha value is -1.99. The third kappa shape index (κ3) is 7.19. The van der Waals surface area contributed by atoms with Gasteiger partial charge in [-0.1, -0.05) is 12.1 Å². The predicted octanol–water partition coefficient (Wildman–Crippen LogP) is 1.01. The zero-order chi connectivity index (χ0) is 18.1. The molecule has 0 saturated carbocycles. The molecule has 0 unspecified atom stereocenters. The van der Waals surface area contributed by atoms with Crippen molar-refractivity contribution in [2.45, 2.75) is 19.9 Å².